The third-order valence-corrected chi connectivity index (χ3v) is 23.5. The van der Waals surface area contributed by atoms with Crippen LogP contribution in [0.4, 0.5) is 34.1 Å². The first-order chi connectivity index (χ1) is 60.5. The number of para-hydroxylation sites is 4. The Bertz CT molecular complexity index is 7570. The van der Waals surface area contributed by atoms with Crippen LogP contribution in [0.25, 0.3) is 122 Å². The Labute approximate surface area is 665 Å². The van der Waals surface area contributed by atoms with Crippen LogP contribution >= 0.6 is 0 Å². The number of rotatable bonds is 8. The number of anilines is 6. The van der Waals surface area contributed by atoms with Crippen LogP contribution in [0.5, 0.6) is 0 Å². The quantitative estimate of drug-likeness (QED) is 0.141. The van der Waals surface area contributed by atoms with Gasteiger partial charge in [0.25, 0.3) is 6.71 Å². The van der Waals surface area contributed by atoms with Crippen molar-refractivity contribution in [3.05, 3.63) is 391 Å². The first-order valence-electron chi connectivity index (χ1n) is 45.5. The average Bonchev–Trinajstić information content (AvgIpc) is 1.42. The SMILES string of the molecule is [2H]c1c([2H])c([2H])c2c(c1[2H])c1c([2H])c([2H])c([2H])c([2H])c1n2-c1ccc2c(c1)N(c1c(-c3ccccc3)cc(C(C)(C)C)cc1-c1ccccc1)c1cc(-n3c4c([2H])c([2H])c([2H])c([2H])c4c4c([2H])c([2H])c([2H])c([2H])c43)cc3c1B2c1cc2c(cc1N3c1c(-c3ccccc3)cc(C(C)(C)C)cc1-c1ccccc1)-c1ccccc1C21c2ccccc2-c2ccccc21. The summed E-state index contributed by atoms with van der Waals surface area (Å²) in [6.45, 7) is 12.3. The molecule has 16 aromatic carbocycles. The summed E-state index contributed by atoms with van der Waals surface area (Å²) in [5, 5.41) is -0.439. The predicted octanol–water partition coefficient (Wildman–Crippen LogP) is 25.6. The smallest absolute Gasteiger partial charge is 0.252 e. The fraction of sp³-hybridized carbons (Fsp3) is 0.0857. The number of aromatic nitrogens is 2. The molecule has 0 amide bonds. The van der Waals surface area contributed by atoms with Gasteiger partial charge in [0.2, 0.25) is 0 Å². The van der Waals surface area contributed by atoms with Gasteiger partial charge in [-0.2, -0.15) is 0 Å². The van der Waals surface area contributed by atoms with E-state index < -0.39 is 120 Å². The average molecular weight is 1420 g/mol. The second kappa shape index (κ2) is 23.9. The Morgan fingerprint density at radius 3 is 0.991 bits per heavy atom. The van der Waals surface area contributed by atoms with Crippen LogP contribution in [0.2, 0.25) is 0 Å². The molecule has 5 heteroatoms. The van der Waals surface area contributed by atoms with Gasteiger partial charge >= 0.3 is 0 Å². The number of benzene rings is 16. The minimum Gasteiger partial charge on any atom is -0.310 e. The van der Waals surface area contributed by atoms with Crippen molar-refractivity contribution < 1.29 is 21.9 Å². The maximum Gasteiger partial charge on any atom is 0.252 e. The Morgan fingerprint density at radius 2 is 0.609 bits per heavy atom. The van der Waals surface area contributed by atoms with Crippen LogP contribution in [0, 0.1) is 0 Å². The van der Waals surface area contributed by atoms with Gasteiger partial charge in [-0.15, -0.1) is 0 Å². The van der Waals surface area contributed by atoms with Crippen molar-refractivity contribution in [1.82, 2.24) is 9.13 Å². The van der Waals surface area contributed by atoms with E-state index in [1.54, 1.807) is 9.13 Å². The predicted molar refractivity (Wildman–Crippen MR) is 465 cm³/mol. The molecule has 4 nitrogen and oxygen atoms in total. The van der Waals surface area contributed by atoms with Crippen molar-refractivity contribution in [2.24, 2.45) is 0 Å². The third-order valence-electron chi connectivity index (χ3n) is 23.5. The van der Waals surface area contributed by atoms with Crippen LogP contribution in [-0.4, -0.2) is 15.8 Å². The molecule has 0 saturated carbocycles. The van der Waals surface area contributed by atoms with Crippen LogP contribution in [0.3, 0.4) is 0 Å². The van der Waals surface area contributed by atoms with Crippen molar-refractivity contribution in [2.45, 2.75) is 57.8 Å². The van der Waals surface area contributed by atoms with Gasteiger partial charge in [0.15, 0.2) is 0 Å². The topological polar surface area (TPSA) is 16.3 Å². The lowest BCUT2D eigenvalue weighted by molar-refractivity contribution is 0.590. The van der Waals surface area contributed by atoms with Crippen molar-refractivity contribution in [3.63, 3.8) is 0 Å². The van der Waals surface area contributed by atoms with Crippen LogP contribution in [0.1, 0.15) is 96.9 Å². The second-order valence-corrected chi connectivity index (χ2v) is 31.5. The molecule has 0 bridgehead atoms. The van der Waals surface area contributed by atoms with Crippen LogP contribution in [0.15, 0.2) is 358 Å². The number of nitrogens with zero attached hydrogens (tertiary/aromatic N) is 4. The van der Waals surface area contributed by atoms with Crippen molar-refractivity contribution in [3.8, 4) is 78.1 Å². The molecule has 110 heavy (non-hydrogen) atoms. The van der Waals surface area contributed by atoms with Crippen LogP contribution in [-0.2, 0) is 16.2 Å². The third kappa shape index (κ3) is 9.21. The van der Waals surface area contributed by atoms with Gasteiger partial charge in [0.05, 0.1) is 66.5 Å². The second-order valence-electron chi connectivity index (χ2n) is 31.5. The first kappa shape index (κ1) is 49.6. The summed E-state index contributed by atoms with van der Waals surface area (Å²) >= 11 is 0. The molecule has 2 aliphatic heterocycles. The van der Waals surface area contributed by atoms with E-state index in [1.807, 2.05) is 97.1 Å². The molecular weight excluding hydrogens is 1330 g/mol. The summed E-state index contributed by atoms with van der Waals surface area (Å²) in [6.07, 6.45) is 0. The molecule has 0 radical (unpaired) electrons. The summed E-state index contributed by atoms with van der Waals surface area (Å²) in [6, 6.07) is 82.3. The number of hydrogen-bond donors (Lipinski definition) is 0. The zero-order chi connectivity index (χ0) is 87.4. The van der Waals surface area contributed by atoms with E-state index in [-0.39, 0.29) is 55.0 Å². The standard InChI is InChI=1S/C105H77BN4/c1-103(2,3)70-57-81(66-33-11-7-12-34-66)101(82(58-70)67-35-13-8-14-36-67)109-96-61-72(107-92-51-29-22-44-77(92)78-45-23-30-52-93(78)107)55-56-90(96)106-91-65-89-85(76-43-21-28-50-88(76)105(89)86-48-26-19-41-74(86)75-42-20-27-49-87(75)105)64-97(91)110(99-63-73(62-98(109)100(99)106)108-94-53-31-24-46-79(94)80-47-25-32-54-95(80)108)102-83(68-37-15-9-16-38-68)59-71(104(4,5)6)60-84(102)69-39-17-10-18-40-69/h7-65H,1-6H3/i22D,23D,24D,25D,29D,30D,31D,32D,44D,45D,46D,47D,51D,52D,53D,54D. The molecule has 0 saturated heterocycles. The Hall–Kier alpha value is -13.2. The molecule has 2 aliphatic carbocycles. The zero-order valence-corrected chi connectivity index (χ0v) is 61.2. The maximum atomic E-state index is 10.4. The highest BCUT2D eigenvalue weighted by Gasteiger charge is 2.54. The van der Waals surface area contributed by atoms with Crippen molar-refractivity contribution in [1.29, 1.82) is 0 Å². The molecule has 4 heterocycles. The molecular formula is C105H77BN4. The van der Waals surface area contributed by atoms with E-state index in [1.165, 1.54) is 0 Å². The molecule has 2 aromatic heterocycles. The van der Waals surface area contributed by atoms with E-state index in [4.69, 9.17) is 0 Å². The molecule has 0 atom stereocenters. The summed E-state index contributed by atoms with van der Waals surface area (Å²) < 4.78 is 159. The molecule has 4 aliphatic rings. The largest absolute Gasteiger partial charge is 0.310 e. The fourth-order valence-corrected chi connectivity index (χ4v) is 18.6. The lowest BCUT2D eigenvalue weighted by Gasteiger charge is -2.46. The molecule has 0 unspecified atom stereocenters. The van der Waals surface area contributed by atoms with Gasteiger partial charge in [-0.05, 0) is 184 Å². The van der Waals surface area contributed by atoms with Gasteiger partial charge in [0, 0.05) is 72.2 Å². The van der Waals surface area contributed by atoms with Gasteiger partial charge < -0.3 is 18.9 Å². The van der Waals surface area contributed by atoms with Gasteiger partial charge in [0.1, 0.15) is 0 Å². The molecule has 520 valence electrons. The number of fused-ring (bicyclic) bond motifs is 20. The molecule has 0 N–H and O–H groups in total. The van der Waals surface area contributed by atoms with Crippen molar-refractivity contribution >= 4 is 101 Å². The summed E-state index contributed by atoms with van der Waals surface area (Å²) in [4.78, 5) is 4.63. The summed E-state index contributed by atoms with van der Waals surface area (Å²) in [5.41, 5.74) is 21.4. The first-order valence-corrected chi connectivity index (χ1v) is 37.5. The number of hydrogen-bond acceptors (Lipinski definition) is 2. The molecule has 1 spiro atoms. The molecule has 0 fully saturated rings. The highest BCUT2D eigenvalue weighted by atomic mass is 15.2. The molecule has 22 rings (SSSR count). The molecule has 18 aromatic rings. The normalized spacial score (nSPS) is 15.6. The lowest BCUT2D eigenvalue weighted by atomic mass is 9.33. The van der Waals surface area contributed by atoms with E-state index in [2.05, 4.69) is 215 Å². The van der Waals surface area contributed by atoms with Crippen LogP contribution < -0.4 is 26.2 Å². The Kier molecular flexibility index (Phi) is 10.8. The fourth-order valence-electron chi connectivity index (χ4n) is 18.6. The van der Waals surface area contributed by atoms with Gasteiger partial charge in [-0.1, -0.05) is 320 Å². The minimum atomic E-state index is -0.920. The zero-order valence-electron chi connectivity index (χ0n) is 77.2. The van der Waals surface area contributed by atoms with Crippen molar-refractivity contribution in [2.75, 3.05) is 9.80 Å². The van der Waals surface area contributed by atoms with E-state index >= 15 is 0 Å². The van der Waals surface area contributed by atoms with E-state index in [9.17, 15) is 21.9 Å². The van der Waals surface area contributed by atoms with E-state index in [0.29, 0.717) is 22.7 Å². The summed E-state index contributed by atoms with van der Waals surface area (Å²) in [7, 11) is 0. The van der Waals surface area contributed by atoms with Gasteiger partial charge in [-0.3, -0.25) is 0 Å². The Morgan fingerprint density at radius 1 is 0.282 bits per heavy atom. The maximum absolute atomic E-state index is 10.4. The highest BCUT2D eigenvalue weighted by molar-refractivity contribution is 7.00. The Balaban J connectivity index is 1.02. The summed E-state index contributed by atoms with van der Waals surface area (Å²) in [5.74, 6) is 0. The minimum absolute atomic E-state index is 0.0858. The monoisotopic (exact) mass is 1420 g/mol. The highest BCUT2D eigenvalue weighted by Crippen LogP contribution is 2.65. The van der Waals surface area contributed by atoms with E-state index in [0.717, 1.165) is 128 Å². The van der Waals surface area contributed by atoms with Gasteiger partial charge in [-0.25, -0.2) is 0 Å². The lowest BCUT2D eigenvalue weighted by Crippen LogP contribution is -2.61.